The second-order valence-electron chi connectivity index (χ2n) is 8.74. The number of amides is 1. The minimum Gasteiger partial charge on any atom is -0.335 e. The van der Waals surface area contributed by atoms with Gasteiger partial charge < -0.3 is 10.3 Å². The van der Waals surface area contributed by atoms with Gasteiger partial charge in [0.05, 0.1) is 17.2 Å². The molecule has 172 valence electrons. The van der Waals surface area contributed by atoms with Crippen LogP contribution >= 0.6 is 11.3 Å². The lowest BCUT2D eigenvalue weighted by Gasteiger charge is -2.09. The molecule has 6 aromatic rings. The fourth-order valence-electron chi connectivity index (χ4n) is 4.11. The Morgan fingerprint density at radius 2 is 1.89 bits per heavy atom. The quantitative estimate of drug-likeness (QED) is 0.264. The summed E-state index contributed by atoms with van der Waals surface area (Å²) < 4.78 is 0. The van der Waals surface area contributed by atoms with Crippen LogP contribution < -0.4 is 5.32 Å². The van der Waals surface area contributed by atoms with Gasteiger partial charge in [-0.05, 0) is 57.8 Å². The number of aromatic amines is 2. The fourth-order valence-corrected chi connectivity index (χ4v) is 4.77. The normalized spacial score (nSPS) is 11.5. The number of carbonyl (C=O) groups is 1. The summed E-state index contributed by atoms with van der Waals surface area (Å²) >= 11 is 1.65. The van der Waals surface area contributed by atoms with E-state index in [-0.39, 0.29) is 11.8 Å². The molecule has 0 atom stereocenters. The maximum Gasteiger partial charge on any atom is 0.226 e. The summed E-state index contributed by atoms with van der Waals surface area (Å²) in [6.07, 6.45) is 3.64. The highest BCUT2D eigenvalue weighted by Crippen LogP contribution is 2.33. The molecule has 7 nitrogen and oxygen atoms in total. The van der Waals surface area contributed by atoms with Crippen molar-refractivity contribution in [2.45, 2.75) is 13.8 Å². The lowest BCUT2D eigenvalue weighted by molar-refractivity contribution is -0.118. The first-order valence-corrected chi connectivity index (χ1v) is 12.3. The van der Waals surface area contributed by atoms with E-state index in [1.807, 2.05) is 61.8 Å². The van der Waals surface area contributed by atoms with Crippen LogP contribution in [0.15, 0.2) is 71.7 Å². The number of hydrogen-bond donors (Lipinski definition) is 3. The standard InChI is InChI=1S/C27H22N6OS/c1-15(2)27(34)29-19-5-3-4-16(10-19)17-6-7-22-20(11-17)25(33-32-22)26-30-23-13-28-12-21(24(23)31-26)18-8-9-35-14-18/h3-15H,1-2H3,(H,29,34)(H,30,31)(H,32,33). The molecule has 0 saturated carbocycles. The molecule has 0 spiro atoms. The SMILES string of the molecule is CC(C)C(=O)Nc1cccc(-c2ccc3[nH]nc(-c4nc5c(-c6ccsc6)cncc5[nH]4)c3c2)c1. The van der Waals surface area contributed by atoms with E-state index in [4.69, 9.17) is 4.98 Å². The molecule has 4 heterocycles. The molecule has 4 aromatic heterocycles. The second-order valence-corrected chi connectivity index (χ2v) is 9.52. The Hall–Kier alpha value is -4.30. The number of carbonyl (C=O) groups excluding carboxylic acids is 1. The molecule has 0 unspecified atom stereocenters. The summed E-state index contributed by atoms with van der Waals surface area (Å²) in [7, 11) is 0. The van der Waals surface area contributed by atoms with Gasteiger partial charge in [-0.3, -0.25) is 14.9 Å². The zero-order chi connectivity index (χ0) is 23.9. The molecular weight excluding hydrogens is 456 g/mol. The first kappa shape index (κ1) is 21.2. The molecule has 0 fully saturated rings. The predicted octanol–water partition coefficient (Wildman–Crippen LogP) is 6.49. The molecule has 0 saturated heterocycles. The zero-order valence-electron chi connectivity index (χ0n) is 19.2. The number of aromatic nitrogens is 5. The Kier molecular flexibility index (Phi) is 5.15. The van der Waals surface area contributed by atoms with Gasteiger partial charge in [0.15, 0.2) is 5.82 Å². The smallest absolute Gasteiger partial charge is 0.226 e. The van der Waals surface area contributed by atoms with Crippen LogP contribution in [0.2, 0.25) is 0 Å². The average molecular weight is 479 g/mol. The third-order valence-electron chi connectivity index (χ3n) is 6.00. The molecule has 0 aliphatic heterocycles. The summed E-state index contributed by atoms with van der Waals surface area (Å²) in [6.45, 7) is 3.76. The molecule has 2 aromatic carbocycles. The van der Waals surface area contributed by atoms with Crippen molar-refractivity contribution in [1.82, 2.24) is 25.1 Å². The van der Waals surface area contributed by atoms with Crippen LogP contribution in [0.5, 0.6) is 0 Å². The van der Waals surface area contributed by atoms with Crippen molar-refractivity contribution in [3.05, 3.63) is 71.7 Å². The van der Waals surface area contributed by atoms with Gasteiger partial charge in [-0.15, -0.1) is 0 Å². The predicted molar refractivity (Wildman–Crippen MR) is 141 cm³/mol. The summed E-state index contributed by atoms with van der Waals surface area (Å²) in [5.74, 6) is 0.601. The van der Waals surface area contributed by atoms with Crippen LogP contribution in [0.3, 0.4) is 0 Å². The minimum absolute atomic E-state index is 0.00378. The molecule has 0 radical (unpaired) electrons. The number of fused-ring (bicyclic) bond motifs is 2. The van der Waals surface area contributed by atoms with E-state index in [9.17, 15) is 4.79 Å². The molecule has 3 N–H and O–H groups in total. The van der Waals surface area contributed by atoms with E-state index in [2.05, 4.69) is 43.0 Å². The van der Waals surface area contributed by atoms with E-state index < -0.39 is 0 Å². The van der Waals surface area contributed by atoms with Gasteiger partial charge in [0.2, 0.25) is 5.91 Å². The number of nitrogens with one attached hydrogen (secondary N) is 3. The first-order valence-electron chi connectivity index (χ1n) is 11.3. The van der Waals surface area contributed by atoms with Crippen LogP contribution in [-0.2, 0) is 4.79 Å². The van der Waals surface area contributed by atoms with Crippen molar-refractivity contribution in [3.8, 4) is 33.8 Å². The van der Waals surface area contributed by atoms with Crippen molar-refractivity contribution >= 4 is 44.9 Å². The number of thiophene rings is 1. The van der Waals surface area contributed by atoms with Crippen molar-refractivity contribution in [2.24, 2.45) is 5.92 Å². The Labute approximate surface area is 205 Å². The zero-order valence-corrected chi connectivity index (χ0v) is 20.0. The molecule has 35 heavy (non-hydrogen) atoms. The highest BCUT2D eigenvalue weighted by atomic mass is 32.1. The van der Waals surface area contributed by atoms with Gasteiger partial charge in [0.1, 0.15) is 11.2 Å². The van der Waals surface area contributed by atoms with Crippen LogP contribution in [0.1, 0.15) is 13.8 Å². The topological polar surface area (TPSA) is 99.3 Å². The molecule has 1 amide bonds. The van der Waals surface area contributed by atoms with E-state index in [0.29, 0.717) is 5.82 Å². The lowest BCUT2D eigenvalue weighted by Crippen LogP contribution is -2.17. The monoisotopic (exact) mass is 478 g/mol. The Balaban J connectivity index is 1.41. The van der Waals surface area contributed by atoms with Gasteiger partial charge in [0.25, 0.3) is 0 Å². The van der Waals surface area contributed by atoms with Gasteiger partial charge >= 0.3 is 0 Å². The van der Waals surface area contributed by atoms with Gasteiger partial charge in [0, 0.05) is 28.8 Å². The van der Waals surface area contributed by atoms with Crippen molar-refractivity contribution < 1.29 is 4.79 Å². The van der Waals surface area contributed by atoms with E-state index in [1.54, 1.807) is 17.5 Å². The van der Waals surface area contributed by atoms with Crippen LogP contribution in [0.4, 0.5) is 5.69 Å². The summed E-state index contributed by atoms with van der Waals surface area (Å²) in [4.78, 5) is 24.8. The number of benzene rings is 2. The maximum absolute atomic E-state index is 12.1. The Morgan fingerprint density at radius 1 is 1.00 bits per heavy atom. The Morgan fingerprint density at radius 3 is 2.71 bits per heavy atom. The van der Waals surface area contributed by atoms with Gasteiger partial charge in [-0.25, -0.2) is 4.98 Å². The number of hydrogen-bond acceptors (Lipinski definition) is 5. The minimum atomic E-state index is -0.0808. The second kappa shape index (κ2) is 8.48. The van der Waals surface area contributed by atoms with Gasteiger partial charge in [-0.1, -0.05) is 32.0 Å². The lowest BCUT2D eigenvalue weighted by atomic mass is 10.0. The summed E-state index contributed by atoms with van der Waals surface area (Å²) in [6, 6.07) is 16.1. The molecular formula is C27H22N6OS. The highest BCUT2D eigenvalue weighted by Gasteiger charge is 2.16. The summed E-state index contributed by atoms with van der Waals surface area (Å²) in [5.41, 5.74) is 8.31. The van der Waals surface area contributed by atoms with Crippen LogP contribution in [-0.4, -0.2) is 31.1 Å². The fraction of sp³-hybridized carbons (Fsp3) is 0.111. The van der Waals surface area contributed by atoms with Crippen LogP contribution in [0.25, 0.3) is 55.7 Å². The van der Waals surface area contributed by atoms with Crippen molar-refractivity contribution in [1.29, 1.82) is 0 Å². The largest absolute Gasteiger partial charge is 0.335 e. The van der Waals surface area contributed by atoms with Crippen LogP contribution in [0, 0.1) is 5.92 Å². The van der Waals surface area contributed by atoms with Crippen molar-refractivity contribution in [2.75, 3.05) is 5.32 Å². The number of imidazole rings is 1. The van der Waals surface area contributed by atoms with E-state index in [1.165, 1.54) is 0 Å². The highest BCUT2D eigenvalue weighted by molar-refractivity contribution is 7.08. The average Bonchev–Trinajstić information content (AvgIpc) is 3.62. The number of pyridine rings is 1. The molecule has 8 heteroatoms. The molecule has 0 aliphatic rings. The summed E-state index contributed by atoms with van der Waals surface area (Å²) in [5, 5.41) is 15.8. The number of H-pyrrole nitrogens is 2. The first-order chi connectivity index (χ1) is 17.1. The number of nitrogens with zero attached hydrogens (tertiary/aromatic N) is 3. The van der Waals surface area contributed by atoms with Gasteiger partial charge in [-0.2, -0.15) is 16.4 Å². The van der Waals surface area contributed by atoms with E-state index in [0.717, 1.165) is 55.6 Å². The number of anilines is 1. The molecule has 0 aliphatic carbocycles. The number of rotatable bonds is 5. The third kappa shape index (κ3) is 3.87. The molecule has 0 bridgehead atoms. The molecule has 6 rings (SSSR count). The van der Waals surface area contributed by atoms with Crippen molar-refractivity contribution in [3.63, 3.8) is 0 Å². The maximum atomic E-state index is 12.1. The third-order valence-corrected chi connectivity index (χ3v) is 6.68. The Bertz CT molecular complexity index is 1680. The van der Waals surface area contributed by atoms with E-state index >= 15 is 0 Å².